The Hall–Kier alpha value is -0.432. The zero-order chi connectivity index (χ0) is 33.5. The third kappa shape index (κ3) is 33.8. The summed E-state index contributed by atoms with van der Waals surface area (Å²) in [5.41, 5.74) is 10.7. The molecule has 47 heavy (non-hydrogen) atoms. The van der Waals surface area contributed by atoms with Gasteiger partial charge in [-0.05, 0) is 12.8 Å². The van der Waals surface area contributed by atoms with E-state index in [1.807, 2.05) is 10.6 Å². The molecular weight excluding hydrogens is 920 g/mol. The quantitative estimate of drug-likeness (QED) is 0.0290. The topological polar surface area (TPSA) is 393 Å². The molecule has 0 rings (SSSR count). The predicted octanol–water partition coefficient (Wildman–Crippen LogP) is -10.8. The molecule has 0 fully saturated rings. The number of carbonyl (C=O) groups excluding carboxylic acids is 6. The minimum atomic E-state index is -1.60. The molecule has 0 unspecified atom stereocenters. The number of nitrogens with one attached hydrogen (secondary N) is 4. The number of amides is 4. The van der Waals surface area contributed by atoms with Crippen LogP contribution >= 0.6 is 40.4 Å². The van der Waals surface area contributed by atoms with Crippen LogP contribution in [-0.4, -0.2) is 106 Å². The Labute approximate surface area is 338 Å². The molecule has 4 atom stereocenters. The first-order valence-electron chi connectivity index (χ1n) is 11.6. The van der Waals surface area contributed by atoms with Crippen molar-refractivity contribution in [1.82, 2.24) is 33.6 Å². The number of carboxylic acids is 4. The molecule has 0 heterocycles. The molecule has 266 valence electrons. The summed E-state index contributed by atoms with van der Waals surface area (Å²) in [6.45, 7) is -1.71. The van der Waals surface area contributed by atoms with Gasteiger partial charge in [-0.2, -0.15) is 0 Å². The Kier molecular flexibility index (Phi) is 44.2. The van der Waals surface area contributed by atoms with Gasteiger partial charge in [-0.15, -0.1) is 0 Å². The second kappa shape index (κ2) is 35.4. The van der Waals surface area contributed by atoms with Crippen molar-refractivity contribution in [2.24, 2.45) is 11.5 Å². The van der Waals surface area contributed by atoms with Crippen molar-refractivity contribution in [1.29, 1.82) is 0 Å². The van der Waals surface area contributed by atoms with E-state index in [1.165, 1.54) is 0 Å². The molecule has 0 aromatic heterocycles. The van der Waals surface area contributed by atoms with Crippen LogP contribution in [0, 0.1) is 0 Å². The number of halogens is 2. The van der Waals surface area contributed by atoms with Gasteiger partial charge in [0.15, 0.2) is 0 Å². The van der Waals surface area contributed by atoms with Crippen LogP contribution in [0.15, 0.2) is 0 Å². The number of aliphatic carboxylic acids is 4. The first-order valence-corrected chi connectivity index (χ1v) is 19.7. The summed E-state index contributed by atoms with van der Waals surface area (Å²) in [5, 5.41) is 47.6. The number of nitrogens with two attached hydrogens (primary N) is 2. The maximum absolute atomic E-state index is 12.3. The maximum atomic E-state index is 12.3. The minimum Gasteiger partial charge on any atom is 1.00 e. The molecule has 0 bridgehead atoms. The second-order valence-electron chi connectivity index (χ2n) is 8.00. The summed E-state index contributed by atoms with van der Waals surface area (Å²) in [5.74, 6) is -9.54. The Bertz CT molecular complexity index is 930. The van der Waals surface area contributed by atoms with Crippen LogP contribution in [0.2, 0.25) is 0 Å². The van der Waals surface area contributed by atoms with Crippen LogP contribution in [-0.2, 0) is 54.8 Å². The van der Waals surface area contributed by atoms with Gasteiger partial charge in [0, 0.05) is 24.3 Å². The number of rotatable bonds is 21. The Balaban J connectivity index is -0.000000576. The smallest absolute Gasteiger partial charge is 1.00 e. The van der Waals surface area contributed by atoms with Crippen LogP contribution < -0.4 is 114 Å². The van der Waals surface area contributed by atoms with Crippen molar-refractivity contribution < 1.29 is 134 Å². The summed E-state index contributed by atoms with van der Waals surface area (Å²) in [4.78, 5) is 91.9. The van der Waals surface area contributed by atoms with Crippen molar-refractivity contribution in [2.75, 3.05) is 24.6 Å². The molecule has 0 spiro atoms. The van der Waals surface area contributed by atoms with Crippen molar-refractivity contribution in [3.63, 3.8) is 0 Å². The number of carboxylic acid groups (broad SMARTS) is 4. The maximum Gasteiger partial charge on any atom is 1.00 e. The molecule has 16 N–H and O–H groups in total. The summed E-state index contributed by atoms with van der Waals surface area (Å²) < 4.78 is 0. The van der Waals surface area contributed by atoms with Gasteiger partial charge in [0.25, 0.3) is 0 Å². The van der Waals surface area contributed by atoms with Gasteiger partial charge in [-0.3, -0.25) is 28.8 Å². The first kappa shape index (κ1) is 58.8. The van der Waals surface area contributed by atoms with E-state index in [9.17, 15) is 48.6 Å². The normalized spacial score (nSPS) is 12.0. The van der Waals surface area contributed by atoms with E-state index in [2.05, 4.69) is 10.6 Å². The monoisotopic (exact) mass is 955 g/mol. The fraction of sp³-hybridized carbons (Fsp3) is 0.600. The molecule has 4 amide bonds. The van der Waals surface area contributed by atoms with Crippen LogP contribution in [0.25, 0.3) is 0 Å². The van der Waals surface area contributed by atoms with Crippen LogP contribution in [0.1, 0.15) is 25.7 Å². The fourth-order valence-electron chi connectivity index (χ4n) is 2.52. The summed E-state index contributed by atoms with van der Waals surface area (Å²) in [6, 6.07) is -5.25. The Morgan fingerprint density at radius 3 is 1.19 bits per heavy atom. The third-order valence-corrected chi connectivity index (χ3v) is 7.09. The number of hydrogen-bond acceptors (Lipinski definition) is 16. The van der Waals surface area contributed by atoms with E-state index in [4.69, 9.17) is 40.5 Å². The molecule has 0 saturated carbocycles. The zero-order valence-corrected chi connectivity index (χ0v) is 34.8. The van der Waals surface area contributed by atoms with Crippen molar-refractivity contribution >= 4 is 87.9 Å². The average Bonchev–Trinajstić information content (AvgIpc) is 2.92. The van der Waals surface area contributed by atoms with E-state index in [-0.39, 0.29) is 109 Å². The van der Waals surface area contributed by atoms with Crippen LogP contribution in [0.5, 0.6) is 0 Å². The largest absolute Gasteiger partial charge is 1.00 e. The van der Waals surface area contributed by atoms with E-state index in [0.717, 1.165) is 21.6 Å². The fourth-order valence-corrected chi connectivity index (χ4v) is 4.84. The molecule has 27 heteroatoms. The van der Waals surface area contributed by atoms with E-state index < -0.39 is 101 Å². The first-order chi connectivity index (χ1) is 20.0. The van der Waals surface area contributed by atoms with Gasteiger partial charge in [0.05, 0.1) is 25.0 Å². The molecule has 0 radical (unpaired) electrons. The average molecular weight is 957 g/mol. The molecule has 0 aromatic carbocycles. The number of carbonyl (C=O) groups is 8. The Morgan fingerprint density at radius 1 is 0.681 bits per heavy atom. The minimum absolute atomic E-state index is 0. The second-order valence-corrected chi connectivity index (χ2v) is 13.8. The SMILES string of the molecule is N.N.N[C@@H](CCC(=O)N[C@@H](CSSC[C@H](NC(=O)CC[C@H](N)C(=O)O)C(=O)NCC(=O)[O-])C(=O)NCC(=O)[O-])C(=O)O.[Cl][Pt][Cl].[Na+].[Na+]. The summed E-state index contributed by atoms with van der Waals surface area (Å²) in [7, 11) is 11.6. The van der Waals surface area contributed by atoms with Crippen molar-refractivity contribution in [3.8, 4) is 0 Å². The van der Waals surface area contributed by atoms with Crippen molar-refractivity contribution in [3.05, 3.63) is 0 Å². The zero-order valence-electron chi connectivity index (χ0n) is 25.4. The predicted molar refractivity (Wildman–Crippen MR) is 156 cm³/mol. The molecule has 0 aliphatic heterocycles. The van der Waals surface area contributed by atoms with Gasteiger partial charge in [-0.25, -0.2) is 0 Å². The van der Waals surface area contributed by atoms with Crippen LogP contribution in [0.4, 0.5) is 0 Å². The van der Waals surface area contributed by atoms with E-state index >= 15 is 0 Å². The third-order valence-electron chi connectivity index (χ3n) is 4.67. The molecule has 0 aliphatic carbocycles. The molecular formula is C20H36Cl2N8Na2O12PtS2. The van der Waals surface area contributed by atoms with Gasteiger partial charge in [0.1, 0.15) is 24.2 Å². The summed E-state index contributed by atoms with van der Waals surface area (Å²) in [6.07, 6.45) is -1.19. The van der Waals surface area contributed by atoms with Gasteiger partial charge < -0.3 is 75.1 Å². The molecule has 0 aliphatic rings. The standard InChI is InChI=1S/C20H32N6O12S2.2ClH.2H3N.2Na.Pt/c21-9(19(35)36)1-3-13(27)25-11(17(33)23-5-15(29)30)7-39-40-8-12(18(34)24-6-16(31)32)26-14(28)4-2-10(22)20(37)38;;;;;;;/h9-12H,1-8,21-22H2,(H,23,33)(H,24,34)(H,25,27)(H,26,28)(H,29,30)(H,31,32)(H,35,36)(H,37,38);2*1H;2*1H3;;;/q;;;;;2*+1;+2/p-4/t9-,10-,11-,12-;;;;;;;/m0......./s1. The van der Waals surface area contributed by atoms with Gasteiger partial charge >= 0.3 is 106 Å². The van der Waals surface area contributed by atoms with Crippen molar-refractivity contribution in [2.45, 2.75) is 49.9 Å². The van der Waals surface area contributed by atoms with Gasteiger partial charge in [-0.1, -0.05) is 21.6 Å². The van der Waals surface area contributed by atoms with E-state index in [0.29, 0.717) is 0 Å². The van der Waals surface area contributed by atoms with Gasteiger partial charge in [0.2, 0.25) is 23.6 Å². The van der Waals surface area contributed by atoms with Crippen LogP contribution in [0.3, 0.4) is 0 Å². The molecule has 20 nitrogen and oxygen atoms in total. The van der Waals surface area contributed by atoms with E-state index in [1.54, 1.807) is 0 Å². The number of hydrogen-bond donors (Lipinski definition) is 10. The molecule has 0 aromatic rings. The Morgan fingerprint density at radius 2 is 0.957 bits per heavy atom. The summed E-state index contributed by atoms with van der Waals surface area (Å²) >= 11 is -0.472. The molecule has 0 saturated heterocycles.